The molecule has 76 valence electrons. The minimum atomic E-state index is -0.00681. The molecule has 0 heterocycles. The fourth-order valence-electron chi connectivity index (χ4n) is 0.986. The third-order valence-corrected chi connectivity index (χ3v) is 2.33. The molecule has 0 saturated heterocycles. The van der Waals surface area contributed by atoms with Crippen LogP contribution in [0.25, 0.3) is 6.08 Å². The van der Waals surface area contributed by atoms with Crippen molar-refractivity contribution in [2.24, 2.45) is 5.73 Å². The van der Waals surface area contributed by atoms with Gasteiger partial charge in [0.2, 0.25) is 0 Å². The molecule has 1 aromatic rings. The fraction of sp³-hybridized carbons (Fsp3) is 0.200. The van der Waals surface area contributed by atoms with Crippen LogP contribution in [0.2, 0.25) is 10.0 Å². The van der Waals surface area contributed by atoms with E-state index in [-0.39, 0.29) is 5.75 Å². The third-order valence-electron chi connectivity index (χ3n) is 1.70. The number of benzene rings is 1. The maximum Gasteiger partial charge on any atom is 0.135 e. The normalized spacial score (nSPS) is 11.1. The smallest absolute Gasteiger partial charge is 0.135 e. The first-order chi connectivity index (χ1) is 6.65. The third kappa shape index (κ3) is 2.91. The minimum absolute atomic E-state index is 0.00681. The predicted octanol–water partition coefficient (Wildman–Crippen LogP) is 3.06. The second-order valence-electron chi connectivity index (χ2n) is 2.80. The molecule has 0 aromatic heterocycles. The van der Waals surface area contributed by atoms with E-state index < -0.39 is 0 Å². The predicted molar refractivity (Wildman–Crippen MR) is 60.8 cm³/mol. The van der Waals surface area contributed by atoms with E-state index in [4.69, 9.17) is 28.9 Å². The number of aromatic hydroxyl groups is 1. The summed E-state index contributed by atoms with van der Waals surface area (Å²) in [5, 5.41) is 10.0. The van der Waals surface area contributed by atoms with E-state index >= 15 is 0 Å². The Morgan fingerprint density at radius 3 is 2.64 bits per heavy atom. The molecule has 0 saturated carbocycles. The first-order valence-electron chi connectivity index (χ1n) is 4.19. The van der Waals surface area contributed by atoms with Gasteiger partial charge in [-0.2, -0.15) is 0 Å². The summed E-state index contributed by atoms with van der Waals surface area (Å²) in [6.07, 6.45) is 4.53. The minimum Gasteiger partial charge on any atom is -0.506 e. The Bertz CT molecular complexity index is 350. The Labute approximate surface area is 92.9 Å². The van der Waals surface area contributed by atoms with E-state index in [1.54, 1.807) is 6.07 Å². The van der Waals surface area contributed by atoms with E-state index in [2.05, 4.69) is 0 Å². The molecule has 2 nitrogen and oxygen atoms in total. The molecule has 0 amide bonds. The van der Waals surface area contributed by atoms with Crippen molar-refractivity contribution in [1.82, 2.24) is 0 Å². The maximum absolute atomic E-state index is 9.24. The van der Waals surface area contributed by atoms with Gasteiger partial charge in [0.05, 0.1) is 10.0 Å². The highest BCUT2D eigenvalue weighted by Gasteiger charge is 2.03. The monoisotopic (exact) mass is 231 g/mol. The Balaban J connectivity index is 2.92. The summed E-state index contributed by atoms with van der Waals surface area (Å²) < 4.78 is 0. The van der Waals surface area contributed by atoms with Crippen LogP contribution < -0.4 is 5.73 Å². The van der Waals surface area contributed by atoms with E-state index in [1.165, 1.54) is 6.07 Å². The second-order valence-corrected chi connectivity index (χ2v) is 3.62. The summed E-state index contributed by atoms with van der Waals surface area (Å²) in [6.45, 7) is 0.597. The molecule has 3 N–H and O–H groups in total. The van der Waals surface area contributed by atoms with Crippen molar-refractivity contribution >= 4 is 29.3 Å². The number of rotatable bonds is 3. The van der Waals surface area contributed by atoms with E-state index in [1.807, 2.05) is 12.2 Å². The largest absolute Gasteiger partial charge is 0.506 e. The first kappa shape index (κ1) is 11.4. The van der Waals surface area contributed by atoms with Crippen LogP contribution in [0.1, 0.15) is 12.0 Å². The molecule has 1 aromatic carbocycles. The van der Waals surface area contributed by atoms with Crippen LogP contribution in [0.4, 0.5) is 0 Å². The average molecular weight is 232 g/mol. The fourth-order valence-corrected chi connectivity index (χ4v) is 1.38. The Hall–Kier alpha value is -0.700. The highest BCUT2D eigenvalue weighted by Crippen LogP contribution is 2.30. The molecule has 0 radical (unpaired) electrons. The van der Waals surface area contributed by atoms with Gasteiger partial charge in [0, 0.05) is 6.07 Å². The Morgan fingerprint density at radius 1 is 1.29 bits per heavy atom. The molecule has 0 aliphatic heterocycles. The van der Waals surface area contributed by atoms with Gasteiger partial charge in [-0.1, -0.05) is 35.4 Å². The van der Waals surface area contributed by atoms with Crippen molar-refractivity contribution in [3.8, 4) is 5.75 Å². The summed E-state index contributed by atoms with van der Waals surface area (Å²) in [5.41, 5.74) is 6.11. The molecule has 0 spiro atoms. The molecule has 0 aliphatic rings. The molecular weight excluding hydrogens is 221 g/mol. The zero-order valence-electron chi connectivity index (χ0n) is 7.50. The van der Waals surface area contributed by atoms with Crippen LogP contribution in [-0.2, 0) is 0 Å². The molecule has 0 atom stereocenters. The highest BCUT2D eigenvalue weighted by molar-refractivity contribution is 6.35. The molecule has 0 unspecified atom stereocenters. The Morgan fingerprint density at radius 2 is 2.00 bits per heavy atom. The summed E-state index contributed by atoms with van der Waals surface area (Å²) >= 11 is 11.6. The van der Waals surface area contributed by atoms with Gasteiger partial charge in [-0.25, -0.2) is 0 Å². The van der Waals surface area contributed by atoms with Crippen LogP contribution in [0, 0.1) is 0 Å². The standard InChI is InChI=1S/C10H11Cl2NO/c11-8-6-10(14)9(12)5-7(8)3-1-2-4-13/h1,3,5-6,14H,2,4,13H2. The van der Waals surface area contributed by atoms with Crippen LogP contribution in [0.3, 0.4) is 0 Å². The van der Waals surface area contributed by atoms with Crippen molar-refractivity contribution in [2.75, 3.05) is 6.54 Å². The number of phenolic OH excluding ortho intramolecular Hbond substituents is 1. The van der Waals surface area contributed by atoms with Crippen molar-refractivity contribution in [1.29, 1.82) is 0 Å². The molecule has 1 rings (SSSR count). The van der Waals surface area contributed by atoms with Crippen molar-refractivity contribution in [3.05, 3.63) is 33.8 Å². The zero-order chi connectivity index (χ0) is 10.6. The number of halogens is 2. The summed E-state index contributed by atoms with van der Waals surface area (Å²) in [4.78, 5) is 0. The van der Waals surface area contributed by atoms with Gasteiger partial charge in [-0.3, -0.25) is 0 Å². The van der Waals surface area contributed by atoms with E-state index in [0.29, 0.717) is 16.6 Å². The van der Waals surface area contributed by atoms with Gasteiger partial charge in [0.15, 0.2) is 0 Å². The van der Waals surface area contributed by atoms with Crippen molar-refractivity contribution in [3.63, 3.8) is 0 Å². The maximum atomic E-state index is 9.24. The quantitative estimate of drug-likeness (QED) is 0.841. The molecule has 0 bridgehead atoms. The number of nitrogens with two attached hydrogens (primary N) is 1. The van der Waals surface area contributed by atoms with E-state index in [9.17, 15) is 5.11 Å². The number of phenols is 1. The van der Waals surface area contributed by atoms with Gasteiger partial charge in [0.1, 0.15) is 5.75 Å². The van der Waals surface area contributed by atoms with Gasteiger partial charge < -0.3 is 10.8 Å². The van der Waals surface area contributed by atoms with E-state index in [0.717, 1.165) is 12.0 Å². The van der Waals surface area contributed by atoms with Gasteiger partial charge in [-0.15, -0.1) is 0 Å². The SMILES string of the molecule is NCCC=Cc1cc(Cl)c(O)cc1Cl. The lowest BCUT2D eigenvalue weighted by molar-refractivity contribution is 0.475. The van der Waals surface area contributed by atoms with Crippen LogP contribution in [0.15, 0.2) is 18.2 Å². The molecule has 0 fully saturated rings. The zero-order valence-corrected chi connectivity index (χ0v) is 9.02. The average Bonchev–Trinajstić information content (AvgIpc) is 2.14. The van der Waals surface area contributed by atoms with Crippen LogP contribution >= 0.6 is 23.2 Å². The lowest BCUT2D eigenvalue weighted by Crippen LogP contribution is -1.94. The van der Waals surface area contributed by atoms with Crippen LogP contribution in [-0.4, -0.2) is 11.7 Å². The van der Waals surface area contributed by atoms with Gasteiger partial charge >= 0.3 is 0 Å². The van der Waals surface area contributed by atoms with Crippen LogP contribution in [0.5, 0.6) is 5.75 Å². The van der Waals surface area contributed by atoms with Crippen molar-refractivity contribution < 1.29 is 5.11 Å². The number of hydrogen-bond donors (Lipinski definition) is 2. The summed E-state index contributed by atoms with van der Waals surface area (Å²) in [6, 6.07) is 3.04. The van der Waals surface area contributed by atoms with Gasteiger partial charge in [0.25, 0.3) is 0 Å². The molecule has 0 aliphatic carbocycles. The van der Waals surface area contributed by atoms with Gasteiger partial charge in [-0.05, 0) is 24.6 Å². The summed E-state index contributed by atoms with van der Waals surface area (Å²) in [7, 11) is 0. The lowest BCUT2D eigenvalue weighted by atomic mass is 10.2. The lowest BCUT2D eigenvalue weighted by Gasteiger charge is -2.01. The van der Waals surface area contributed by atoms with Crippen molar-refractivity contribution in [2.45, 2.75) is 6.42 Å². The number of hydrogen-bond acceptors (Lipinski definition) is 2. The molecular formula is C10H11Cl2NO. The molecule has 4 heteroatoms. The topological polar surface area (TPSA) is 46.2 Å². The first-order valence-corrected chi connectivity index (χ1v) is 4.95. The summed E-state index contributed by atoms with van der Waals surface area (Å²) in [5.74, 6) is -0.00681. The molecule has 14 heavy (non-hydrogen) atoms. The second kappa shape index (κ2) is 5.25. The highest BCUT2D eigenvalue weighted by atomic mass is 35.5. The Kier molecular flexibility index (Phi) is 4.26.